The van der Waals surface area contributed by atoms with Crippen molar-refractivity contribution in [1.82, 2.24) is 9.99 Å². The molecule has 1 N–H and O–H groups in total. The molecule has 1 heterocycles. The van der Waals surface area contributed by atoms with E-state index in [2.05, 4.69) is 31.0 Å². The first-order chi connectivity index (χ1) is 18.5. The Kier molecular flexibility index (Phi) is 7.24. The number of hydrazone groups is 1. The summed E-state index contributed by atoms with van der Waals surface area (Å²) in [7, 11) is 0. The van der Waals surface area contributed by atoms with Crippen LogP contribution in [0.1, 0.15) is 15.9 Å². The molecule has 0 aliphatic heterocycles. The molecule has 1 amide bonds. The first kappa shape index (κ1) is 24.9. The number of nitro benzene ring substituents is 1. The van der Waals surface area contributed by atoms with Crippen LogP contribution in [0.3, 0.4) is 0 Å². The minimum absolute atomic E-state index is 0.150. The average molecular weight is 565 g/mol. The molecule has 4 aromatic carbocycles. The molecule has 38 heavy (non-hydrogen) atoms. The molecule has 0 radical (unpaired) electrons. The van der Waals surface area contributed by atoms with Crippen LogP contribution in [0.15, 0.2) is 125 Å². The zero-order valence-electron chi connectivity index (χ0n) is 20.0. The SMILES string of the molecule is O=C(N/N=C/c1cc(-c2ccccc2)n(-c2ccc(Br)cc2)c1-c1ccccc1)c1cccc([N+](=O)[O-])c1. The van der Waals surface area contributed by atoms with Gasteiger partial charge in [0, 0.05) is 33.4 Å². The van der Waals surface area contributed by atoms with Crippen molar-refractivity contribution in [3.63, 3.8) is 0 Å². The van der Waals surface area contributed by atoms with Crippen LogP contribution in [-0.4, -0.2) is 21.6 Å². The summed E-state index contributed by atoms with van der Waals surface area (Å²) in [5.74, 6) is -0.540. The fourth-order valence-corrected chi connectivity index (χ4v) is 4.45. The molecule has 0 aliphatic carbocycles. The van der Waals surface area contributed by atoms with Crippen molar-refractivity contribution in [3.8, 4) is 28.2 Å². The summed E-state index contributed by atoms with van der Waals surface area (Å²) >= 11 is 3.52. The Labute approximate surface area is 227 Å². The number of nitrogens with zero attached hydrogens (tertiary/aromatic N) is 3. The number of carbonyl (C=O) groups is 1. The van der Waals surface area contributed by atoms with Gasteiger partial charge in [-0.3, -0.25) is 14.9 Å². The van der Waals surface area contributed by atoms with Crippen molar-refractivity contribution >= 4 is 33.7 Å². The maximum Gasteiger partial charge on any atom is 0.271 e. The van der Waals surface area contributed by atoms with Crippen molar-refractivity contribution in [1.29, 1.82) is 0 Å². The number of nitro groups is 1. The number of rotatable bonds is 7. The molecule has 0 saturated heterocycles. The van der Waals surface area contributed by atoms with Gasteiger partial charge in [-0.1, -0.05) is 82.7 Å². The van der Waals surface area contributed by atoms with E-state index >= 15 is 0 Å². The van der Waals surface area contributed by atoms with E-state index in [0.29, 0.717) is 0 Å². The highest BCUT2D eigenvalue weighted by molar-refractivity contribution is 9.10. The monoisotopic (exact) mass is 564 g/mol. The Morgan fingerprint density at radius 1 is 0.842 bits per heavy atom. The standard InChI is InChI=1S/C30H21BrN4O3/c31-25-14-16-26(17-15-25)34-28(21-8-3-1-4-9-21)19-24(29(34)22-10-5-2-6-11-22)20-32-33-30(36)23-12-7-13-27(18-23)35(37)38/h1-20H,(H,33,36)/b32-20+. The van der Waals surface area contributed by atoms with Crippen molar-refractivity contribution in [2.24, 2.45) is 5.10 Å². The van der Waals surface area contributed by atoms with Crippen LogP contribution in [0, 0.1) is 10.1 Å². The number of nitrogens with one attached hydrogen (secondary N) is 1. The molecule has 0 fully saturated rings. The summed E-state index contributed by atoms with van der Waals surface area (Å²) in [6.07, 6.45) is 1.60. The minimum atomic E-state index is -0.540. The van der Waals surface area contributed by atoms with Crippen LogP contribution in [0.25, 0.3) is 28.2 Å². The lowest BCUT2D eigenvalue weighted by atomic mass is 10.1. The predicted molar refractivity (Wildman–Crippen MR) is 152 cm³/mol. The Balaban J connectivity index is 1.60. The van der Waals surface area contributed by atoms with Crippen molar-refractivity contribution < 1.29 is 9.72 Å². The number of non-ortho nitro benzene ring substituents is 1. The van der Waals surface area contributed by atoms with Crippen LogP contribution in [0.2, 0.25) is 0 Å². The number of aromatic nitrogens is 1. The Hall–Kier alpha value is -4.82. The molecule has 8 heteroatoms. The normalized spacial score (nSPS) is 11.0. The first-order valence-electron chi connectivity index (χ1n) is 11.7. The molecule has 0 spiro atoms. The third kappa shape index (κ3) is 5.30. The fraction of sp³-hybridized carbons (Fsp3) is 0. The Bertz CT molecular complexity index is 1630. The molecule has 186 valence electrons. The largest absolute Gasteiger partial charge is 0.309 e. The van der Waals surface area contributed by atoms with E-state index in [4.69, 9.17) is 0 Å². The zero-order chi connectivity index (χ0) is 26.5. The minimum Gasteiger partial charge on any atom is -0.309 e. The van der Waals surface area contributed by atoms with Gasteiger partial charge < -0.3 is 4.57 Å². The molecule has 0 bridgehead atoms. The molecule has 0 unspecified atom stereocenters. The number of benzene rings is 4. The summed E-state index contributed by atoms with van der Waals surface area (Å²) in [5.41, 5.74) is 8.10. The van der Waals surface area contributed by atoms with Gasteiger partial charge in [-0.15, -0.1) is 0 Å². The lowest BCUT2D eigenvalue weighted by molar-refractivity contribution is -0.384. The lowest BCUT2D eigenvalue weighted by Crippen LogP contribution is -2.17. The lowest BCUT2D eigenvalue weighted by Gasteiger charge is -2.15. The molecular formula is C30H21BrN4O3. The van der Waals surface area contributed by atoms with Gasteiger partial charge in [0.05, 0.1) is 22.5 Å². The van der Waals surface area contributed by atoms with Gasteiger partial charge in [-0.25, -0.2) is 5.43 Å². The highest BCUT2D eigenvalue weighted by Gasteiger charge is 2.19. The smallest absolute Gasteiger partial charge is 0.271 e. The van der Waals surface area contributed by atoms with Crippen LogP contribution in [0.4, 0.5) is 5.69 Å². The van der Waals surface area contributed by atoms with E-state index < -0.39 is 10.8 Å². The molecule has 7 nitrogen and oxygen atoms in total. The molecule has 0 saturated carbocycles. The highest BCUT2D eigenvalue weighted by atomic mass is 79.9. The third-order valence-corrected chi connectivity index (χ3v) is 6.45. The van der Waals surface area contributed by atoms with Crippen molar-refractivity contribution in [2.45, 2.75) is 0 Å². The van der Waals surface area contributed by atoms with Crippen LogP contribution in [-0.2, 0) is 0 Å². The summed E-state index contributed by atoms with van der Waals surface area (Å²) in [6, 6.07) is 35.6. The van der Waals surface area contributed by atoms with Gasteiger partial charge >= 0.3 is 0 Å². The van der Waals surface area contributed by atoms with Crippen molar-refractivity contribution in [2.75, 3.05) is 0 Å². The predicted octanol–water partition coefficient (Wildman–Crippen LogP) is 7.25. The van der Waals surface area contributed by atoms with Crippen molar-refractivity contribution in [3.05, 3.63) is 141 Å². The summed E-state index contributed by atoms with van der Waals surface area (Å²) < 4.78 is 3.14. The first-order valence-corrected chi connectivity index (χ1v) is 12.5. The second kappa shape index (κ2) is 11.1. The van der Waals surface area contributed by atoms with Gasteiger partial charge in [-0.05, 0) is 47.5 Å². The van der Waals surface area contributed by atoms with E-state index in [9.17, 15) is 14.9 Å². The van der Waals surface area contributed by atoms with E-state index in [-0.39, 0.29) is 11.3 Å². The van der Waals surface area contributed by atoms with Gasteiger partial charge in [0.15, 0.2) is 0 Å². The Morgan fingerprint density at radius 3 is 2.16 bits per heavy atom. The quantitative estimate of drug-likeness (QED) is 0.128. The number of amides is 1. The second-order valence-corrected chi connectivity index (χ2v) is 9.30. The summed E-state index contributed by atoms with van der Waals surface area (Å²) in [6.45, 7) is 0. The average Bonchev–Trinajstić information content (AvgIpc) is 3.33. The Morgan fingerprint density at radius 2 is 1.50 bits per heavy atom. The van der Waals surface area contributed by atoms with E-state index in [1.165, 1.54) is 24.3 Å². The molecular weight excluding hydrogens is 544 g/mol. The summed E-state index contributed by atoms with van der Waals surface area (Å²) in [5, 5.41) is 15.3. The van der Waals surface area contributed by atoms with Gasteiger partial charge in [0.2, 0.25) is 0 Å². The topological polar surface area (TPSA) is 89.5 Å². The van der Waals surface area contributed by atoms with Gasteiger partial charge in [-0.2, -0.15) is 5.10 Å². The second-order valence-electron chi connectivity index (χ2n) is 8.38. The number of hydrogen-bond acceptors (Lipinski definition) is 4. The highest BCUT2D eigenvalue weighted by Crippen LogP contribution is 2.35. The third-order valence-electron chi connectivity index (χ3n) is 5.92. The van der Waals surface area contributed by atoms with Gasteiger partial charge in [0.1, 0.15) is 0 Å². The molecule has 5 aromatic rings. The van der Waals surface area contributed by atoms with E-state index in [1.54, 1.807) is 6.21 Å². The van der Waals surface area contributed by atoms with Gasteiger partial charge in [0.25, 0.3) is 11.6 Å². The maximum atomic E-state index is 12.7. The van der Waals surface area contributed by atoms with Crippen LogP contribution >= 0.6 is 15.9 Å². The zero-order valence-corrected chi connectivity index (χ0v) is 21.6. The van der Waals surface area contributed by atoms with E-state index in [1.807, 2.05) is 91.0 Å². The maximum absolute atomic E-state index is 12.7. The number of hydrogen-bond donors (Lipinski definition) is 1. The summed E-state index contributed by atoms with van der Waals surface area (Å²) in [4.78, 5) is 23.2. The van der Waals surface area contributed by atoms with E-state index in [0.717, 1.165) is 38.2 Å². The number of halogens is 1. The van der Waals surface area contributed by atoms with Crippen LogP contribution in [0.5, 0.6) is 0 Å². The molecule has 0 atom stereocenters. The molecule has 0 aliphatic rings. The molecule has 5 rings (SSSR count). The van der Waals surface area contributed by atoms with Crippen LogP contribution < -0.4 is 5.43 Å². The number of carbonyl (C=O) groups excluding carboxylic acids is 1. The molecule has 1 aromatic heterocycles. The fourth-order valence-electron chi connectivity index (χ4n) is 4.19.